The lowest BCUT2D eigenvalue weighted by molar-refractivity contribution is 0.365. The molecular weight excluding hydrogens is 332 g/mol. The molecule has 1 saturated heterocycles. The zero-order valence-corrected chi connectivity index (χ0v) is 15.5. The Hall–Kier alpha value is -1.55. The molecule has 2 N–H and O–H groups in total. The van der Waals surface area contributed by atoms with Crippen LogP contribution >= 0.6 is 12.4 Å². The van der Waals surface area contributed by atoms with Gasteiger partial charge in [-0.2, -0.15) is 0 Å². The molecule has 1 aliphatic heterocycles. The lowest BCUT2D eigenvalue weighted by Crippen LogP contribution is -2.37. The first-order valence-electron chi connectivity index (χ1n) is 9.03. The third kappa shape index (κ3) is 3.69. The second kappa shape index (κ2) is 8.22. The molecule has 0 bridgehead atoms. The lowest BCUT2D eigenvalue weighted by Gasteiger charge is -2.25. The number of benzene rings is 2. The van der Waals surface area contributed by atoms with Crippen LogP contribution in [0.25, 0.3) is 0 Å². The summed E-state index contributed by atoms with van der Waals surface area (Å²) in [4.78, 5) is 0. The number of methoxy groups -OCH3 is 1. The third-order valence-corrected chi connectivity index (χ3v) is 5.66. The molecule has 0 amide bonds. The van der Waals surface area contributed by atoms with Crippen LogP contribution in [0.15, 0.2) is 54.6 Å². The molecule has 0 spiro atoms. The highest BCUT2D eigenvalue weighted by Crippen LogP contribution is 2.41. The van der Waals surface area contributed by atoms with E-state index in [-0.39, 0.29) is 12.4 Å². The summed E-state index contributed by atoms with van der Waals surface area (Å²) >= 11 is 0. The van der Waals surface area contributed by atoms with Gasteiger partial charge in [0.05, 0.1) is 7.11 Å². The standard InChI is InChI=1S/C21H26N2O.ClH/c1-24-19-13-6-5-10-16(19)14-22-21-17-11-7-12-18(17)23-20(21)15-8-3-2-4-9-15;/h2-6,8-10,13,17-18,20-23H,7,11-12,14H2,1H3;1H/t17-,18+,20+,21+;/m0./s1. The lowest BCUT2D eigenvalue weighted by atomic mass is 9.91. The quantitative estimate of drug-likeness (QED) is 0.844. The van der Waals surface area contributed by atoms with Crippen molar-refractivity contribution in [3.05, 3.63) is 65.7 Å². The van der Waals surface area contributed by atoms with Crippen LogP contribution in [0.2, 0.25) is 0 Å². The van der Waals surface area contributed by atoms with Crippen LogP contribution in [-0.2, 0) is 6.54 Å². The summed E-state index contributed by atoms with van der Waals surface area (Å²) in [6.45, 7) is 0.850. The number of ether oxygens (including phenoxy) is 1. The fourth-order valence-electron chi connectivity index (χ4n) is 4.52. The Morgan fingerprint density at radius 1 is 1.04 bits per heavy atom. The summed E-state index contributed by atoms with van der Waals surface area (Å²) in [5, 5.41) is 7.74. The van der Waals surface area contributed by atoms with E-state index in [0.29, 0.717) is 18.1 Å². The maximum Gasteiger partial charge on any atom is 0.123 e. The molecule has 4 heteroatoms. The Morgan fingerprint density at radius 3 is 2.60 bits per heavy atom. The van der Waals surface area contributed by atoms with Crippen LogP contribution in [0.3, 0.4) is 0 Å². The number of nitrogens with one attached hydrogen (secondary N) is 2. The number of hydrogen-bond acceptors (Lipinski definition) is 3. The molecule has 0 aromatic heterocycles. The van der Waals surface area contributed by atoms with E-state index in [4.69, 9.17) is 4.74 Å². The molecule has 2 aromatic rings. The van der Waals surface area contributed by atoms with Gasteiger partial charge in [-0.1, -0.05) is 55.0 Å². The van der Waals surface area contributed by atoms with E-state index < -0.39 is 0 Å². The van der Waals surface area contributed by atoms with Gasteiger partial charge >= 0.3 is 0 Å². The summed E-state index contributed by atoms with van der Waals surface area (Å²) in [7, 11) is 1.75. The fraction of sp³-hybridized carbons (Fsp3) is 0.429. The van der Waals surface area contributed by atoms with Gasteiger partial charge in [-0.25, -0.2) is 0 Å². The van der Waals surface area contributed by atoms with Crippen LogP contribution in [-0.4, -0.2) is 19.2 Å². The average Bonchev–Trinajstić information content (AvgIpc) is 3.22. The van der Waals surface area contributed by atoms with Crippen LogP contribution in [0.4, 0.5) is 0 Å². The second-order valence-corrected chi connectivity index (χ2v) is 6.97. The molecule has 2 fully saturated rings. The Morgan fingerprint density at radius 2 is 1.80 bits per heavy atom. The highest BCUT2D eigenvalue weighted by Gasteiger charge is 2.45. The first kappa shape index (κ1) is 18.2. The first-order valence-corrected chi connectivity index (χ1v) is 9.03. The molecular formula is C21H27ClN2O. The Labute approximate surface area is 156 Å². The topological polar surface area (TPSA) is 33.3 Å². The minimum atomic E-state index is 0. The first-order chi connectivity index (χ1) is 11.9. The molecule has 25 heavy (non-hydrogen) atoms. The zero-order chi connectivity index (χ0) is 16.4. The van der Waals surface area contributed by atoms with E-state index in [1.54, 1.807) is 7.11 Å². The van der Waals surface area contributed by atoms with E-state index in [1.807, 2.05) is 12.1 Å². The fourth-order valence-corrected chi connectivity index (χ4v) is 4.52. The zero-order valence-electron chi connectivity index (χ0n) is 14.7. The average molecular weight is 359 g/mol. The molecule has 134 valence electrons. The third-order valence-electron chi connectivity index (χ3n) is 5.66. The molecule has 1 aliphatic carbocycles. The van der Waals surface area contributed by atoms with Crippen molar-refractivity contribution in [2.45, 2.75) is 43.9 Å². The van der Waals surface area contributed by atoms with Crippen molar-refractivity contribution < 1.29 is 4.74 Å². The van der Waals surface area contributed by atoms with Gasteiger partial charge in [0.25, 0.3) is 0 Å². The van der Waals surface area contributed by atoms with Crippen molar-refractivity contribution in [1.82, 2.24) is 10.6 Å². The van der Waals surface area contributed by atoms with Gasteiger partial charge in [0.15, 0.2) is 0 Å². The van der Waals surface area contributed by atoms with Crippen LogP contribution in [0.5, 0.6) is 5.75 Å². The van der Waals surface area contributed by atoms with Gasteiger partial charge in [-0.05, 0) is 30.4 Å². The van der Waals surface area contributed by atoms with Crippen molar-refractivity contribution in [1.29, 1.82) is 0 Å². The van der Waals surface area contributed by atoms with Crippen LogP contribution in [0.1, 0.15) is 36.4 Å². The normalized spacial score (nSPS) is 27.6. The van der Waals surface area contributed by atoms with Crippen molar-refractivity contribution in [3.63, 3.8) is 0 Å². The molecule has 4 rings (SSSR count). The maximum absolute atomic E-state index is 5.50. The molecule has 3 nitrogen and oxygen atoms in total. The maximum atomic E-state index is 5.50. The second-order valence-electron chi connectivity index (χ2n) is 6.97. The SMILES string of the molecule is COc1ccccc1CN[C@@H]1[C@H]2CCC[C@H]2N[C@@H]1c1ccccc1.Cl. The minimum absolute atomic E-state index is 0. The van der Waals surface area contributed by atoms with Gasteiger partial charge in [0, 0.05) is 30.2 Å². The highest BCUT2D eigenvalue weighted by atomic mass is 35.5. The number of fused-ring (bicyclic) bond motifs is 1. The van der Waals surface area contributed by atoms with Gasteiger partial charge in [0.2, 0.25) is 0 Å². The summed E-state index contributed by atoms with van der Waals surface area (Å²) in [5.41, 5.74) is 2.62. The molecule has 0 radical (unpaired) electrons. The molecule has 2 aliphatic rings. The number of para-hydroxylation sites is 1. The Kier molecular flexibility index (Phi) is 6.00. The van der Waals surface area contributed by atoms with E-state index >= 15 is 0 Å². The summed E-state index contributed by atoms with van der Waals surface area (Å²) in [6.07, 6.45) is 3.97. The largest absolute Gasteiger partial charge is 0.496 e. The monoisotopic (exact) mass is 358 g/mol. The van der Waals surface area contributed by atoms with Crippen LogP contribution in [0, 0.1) is 5.92 Å². The molecule has 4 atom stereocenters. The molecule has 2 aromatic carbocycles. The summed E-state index contributed by atoms with van der Waals surface area (Å²) in [5.74, 6) is 1.69. The highest BCUT2D eigenvalue weighted by molar-refractivity contribution is 5.85. The van der Waals surface area contributed by atoms with E-state index in [0.717, 1.165) is 18.2 Å². The van der Waals surface area contributed by atoms with Gasteiger partial charge in [-0.3, -0.25) is 0 Å². The Bertz CT molecular complexity index is 679. The van der Waals surface area contributed by atoms with Crippen LogP contribution < -0.4 is 15.4 Å². The van der Waals surface area contributed by atoms with Crippen molar-refractivity contribution in [2.24, 2.45) is 5.92 Å². The van der Waals surface area contributed by atoms with Crippen molar-refractivity contribution in [3.8, 4) is 5.75 Å². The van der Waals surface area contributed by atoms with Gasteiger partial charge in [-0.15, -0.1) is 12.4 Å². The van der Waals surface area contributed by atoms with Crippen molar-refractivity contribution in [2.75, 3.05) is 7.11 Å². The molecule has 0 unspecified atom stereocenters. The minimum Gasteiger partial charge on any atom is -0.496 e. The van der Waals surface area contributed by atoms with E-state index in [1.165, 1.54) is 30.4 Å². The van der Waals surface area contributed by atoms with Crippen molar-refractivity contribution >= 4 is 12.4 Å². The summed E-state index contributed by atoms with van der Waals surface area (Å²) in [6, 6.07) is 20.7. The van der Waals surface area contributed by atoms with E-state index in [9.17, 15) is 0 Å². The number of hydrogen-bond donors (Lipinski definition) is 2. The Balaban J connectivity index is 0.00000182. The molecule has 1 saturated carbocycles. The van der Waals surface area contributed by atoms with E-state index in [2.05, 4.69) is 53.1 Å². The predicted molar refractivity (Wildman–Crippen MR) is 104 cm³/mol. The predicted octanol–water partition coefficient (Wildman–Crippen LogP) is 4.09. The van der Waals surface area contributed by atoms with Gasteiger partial charge in [0.1, 0.15) is 5.75 Å². The number of rotatable bonds is 5. The smallest absolute Gasteiger partial charge is 0.123 e. The summed E-state index contributed by atoms with van der Waals surface area (Å²) < 4.78 is 5.50. The molecule has 1 heterocycles. The van der Waals surface area contributed by atoms with Gasteiger partial charge < -0.3 is 15.4 Å². The number of halogens is 1.